The highest BCUT2D eigenvalue weighted by molar-refractivity contribution is 7.86. The molecule has 0 aliphatic heterocycles. The molecule has 0 aliphatic rings. The largest absolute Gasteiger partial charge is 0.480 e. The first-order valence-electron chi connectivity index (χ1n) is 3.15. The zero-order chi connectivity index (χ0) is 13.5. The standard InChI is InChI=1S/2C2H4O5S/c3-2(4)1-8(5,6)7;3-1(4)2(5)8(6)7/h1H2,(H,3,4)(H,5,6,7);2,5H,(H,3,4)(H,6,7). The first-order valence-corrected chi connectivity index (χ1v) is 5.92. The maximum atomic E-state index is 9.62. The minimum absolute atomic E-state index is 1.23. The van der Waals surface area contributed by atoms with Crippen molar-refractivity contribution in [1.29, 1.82) is 0 Å². The summed E-state index contributed by atoms with van der Waals surface area (Å²) in [6.45, 7) is 0. The van der Waals surface area contributed by atoms with Gasteiger partial charge in [0.05, 0.1) is 0 Å². The van der Waals surface area contributed by atoms with Gasteiger partial charge in [-0.05, 0) is 0 Å². The molecule has 0 aromatic heterocycles. The molecular formula is C4H8O10S2. The number of aliphatic hydroxyl groups is 1. The van der Waals surface area contributed by atoms with Gasteiger partial charge in [-0.2, -0.15) is 8.42 Å². The van der Waals surface area contributed by atoms with Gasteiger partial charge in [-0.3, -0.25) is 9.35 Å². The average molecular weight is 280 g/mol. The summed E-state index contributed by atoms with van der Waals surface area (Å²) in [7, 11) is -4.32. The van der Waals surface area contributed by atoms with Crippen LogP contribution in [0.4, 0.5) is 0 Å². The Morgan fingerprint density at radius 1 is 1.25 bits per heavy atom. The zero-order valence-corrected chi connectivity index (χ0v) is 9.01. The highest BCUT2D eigenvalue weighted by atomic mass is 32.2. The number of hydrogen-bond acceptors (Lipinski definition) is 6. The van der Waals surface area contributed by atoms with E-state index in [4.69, 9.17) is 24.4 Å². The topological polar surface area (TPSA) is 186 Å². The summed E-state index contributed by atoms with van der Waals surface area (Å²) in [5, 5.41) is 23.5. The fourth-order valence-electron chi connectivity index (χ4n) is 0.242. The van der Waals surface area contributed by atoms with Crippen molar-refractivity contribution in [2.24, 2.45) is 0 Å². The van der Waals surface area contributed by atoms with Crippen LogP contribution in [0.1, 0.15) is 0 Å². The van der Waals surface area contributed by atoms with Crippen molar-refractivity contribution in [3.8, 4) is 0 Å². The SMILES string of the molecule is O=C(O)C(O)S(=O)O.O=C(O)CS(=O)(=O)O. The third-order valence-electron chi connectivity index (χ3n) is 0.708. The lowest BCUT2D eigenvalue weighted by Crippen LogP contribution is -2.23. The van der Waals surface area contributed by atoms with Gasteiger partial charge >= 0.3 is 11.9 Å². The van der Waals surface area contributed by atoms with Gasteiger partial charge in [0.2, 0.25) is 0 Å². The molecule has 2 unspecified atom stereocenters. The van der Waals surface area contributed by atoms with Crippen LogP contribution in [-0.4, -0.2) is 60.2 Å². The molecule has 0 saturated carbocycles. The van der Waals surface area contributed by atoms with E-state index in [9.17, 15) is 22.2 Å². The molecule has 0 bridgehead atoms. The van der Waals surface area contributed by atoms with E-state index in [1.807, 2.05) is 0 Å². The van der Waals surface area contributed by atoms with Crippen molar-refractivity contribution in [3.05, 3.63) is 0 Å². The molecule has 16 heavy (non-hydrogen) atoms. The maximum Gasteiger partial charge on any atom is 0.348 e. The molecule has 5 N–H and O–H groups in total. The van der Waals surface area contributed by atoms with Crippen LogP contribution >= 0.6 is 0 Å². The van der Waals surface area contributed by atoms with Crippen LogP contribution < -0.4 is 0 Å². The first kappa shape index (κ1) is 17.3. The number of aliphatic hydroxyl groups excluding tert-OH is 1. The number of hydrogen-bond donors (Lipinski definition) is 5. The van der Waals surface area contributed by atoms with E-state index < -0.39 is 44.3 Å². The third-order valence-corrected chi connectivity index (χ3v) is 1.90. The molecule has 0 saturated heterocycles. The average Bonchev–Trinajstić information content (AvgIpc) is 1.98. The normalized spacial score (nSPS) is 14.2. The molecule has 0 spiro atoms. The molecule has 2 atom stereocenters. The van der Waals surface area contributed by atoms with Gasteiger partial charge in [-0.1, -0.05) is 0 Å². The van der Waals surface area contributed by atoms with Crippen molar-refractivity contribution in [2.45, 2.75) is 5.44 Å². The Balaban J connectivity index is 0. The molecule has 96 valence electrons. The summed E-state index contributed by atoms with van der Waals surface area (Å²) in [5.74, 6) is -4.49. The van der Waals surface area contributed by atoms with Crippen molar-refractivity contribution in [1.82, 2.24) is 0 Å². The van der Waals surface area contributed by atoms with E-state index in [0.717, 1.165) is 0 Å². The summed E-state index contributed by atoms with van der Waals surface area (Å²) < 4.78 is 44.5. The quantitative estimate of drug-likeness (QED) is 0.273. The molecule has 0 aromatic rings. The number of aliphatic carboxylic acids is 2. The van der Waals surface area contributed by atoms with Gasteiger partial charge in [0.1, 0.15) is 0 Å². The molecule has 0 aliphatic carbocycles. The third kappa shape index (κ3) is 12.9. The van der Waals surface area contributed by atoms with Gasteiger partial charge in [0, 0.05) is 0 Å². The number of carbonyl (C=O) groups is 2. The lowest BCUT2D eigenvalue weighted by Gasteiger charge is -1.94. The molecule has 10 nitrogen and oxygen atoms in total. The zero-order valence-electron chi connectivity index (χ0n) is 7.38. The minimum Gasteiger partial charge on any atom is -0.480 e. The molecule has 0 heterocycles. The van der Waals surface area contributed by atoms with E-state index in [1.165, 1.54) is 0 Å². The van der Waals surface area contributed by atoms with Crippen molar-refractivity contribution in [2.75, 3.05) is 5.75 Å². The molecule has 12 heteroatoms. The van der Waals surface area contributed by atoms with Gasteiger partial charge in [-0.15, -0.1) is 0 Å². The molecule has 0 amide bonds. The van der Waals surface area contributed by atoms with Gasteiger partial charge < -0.3 is 19.9 Å². The Hall–Kier alpha value is -1.08. The molecule has 0 rings (SSSR count). The van der Waals surface area contributed by atoms with Gasteiger partial charge in [0.25, 0.3) is 15.6 Å². The second-order valence-electron chi connectivity index (χ2n) is 2.09. The Labute approximate surface area is 91.6 Å². The highest BCUT2D eigenvalue weighted by Crippen LogP contribution is 1.85. The second-order valence-corrected chi connectivity index (χ2v) is 4.54. The van der Waals surface area contributed by atoms with Crippen LogP contribution in [0.2, 0.25) is 0 Å². The molecule has 0 radical (unpaired) electrons. The van der Waals surface area contributed by atoms with Crippen molar-refractivity contribution < 1.29 is 46.6 Å². The fraction of sp³-hybridized carbons (Fsp3) is 0.500. The van der Waals surface area contributed by atoms with E-state index >= 15 is 0 Å². The van der Waals surface area contributed by atoms with E-state index in [1.54, 1.807) is 0 Å². The van der Waals surface area contributed by atoms with Crippen LogP contribution in [0.15, 0.2) is 0 Å². The summed E-state index contributed by atoms with van der Waals surface area (Å²) in [6.07, 6.45) is 0. The molecular weight excluding hydrogens is 272 g/mol. The Morgan fingerprint density at radius 3 is 1.62 bits per heavy atom. The Bertz CT molecular complexity index is 354. The first-order chi connectivity index (χ1) is 6.97. The predicted molar refractivity (Wildman–Crippen MR) is 48.5 cm³/mol. The summed E-state index contributed by atoms with van der Waals surface area (Å²) >= 11 is -2.68. The van der Waals surface area contributed by atoms with Crippen LogP contribution in [0, 0.1) is 0 Å². The Morgan fingerprint density at radius 2 is 1.62 bits per heavy atom. The van der Waals surface area contributed by atoms with Gasteiger partial charge in [-0.25, -0.2) is 9.00 Å². The number of carboxylic acid groups (broad SMARTS) is 2. The summed E-state index contributed by atoms with van der Waals surface area (Å²) in [4.78, 5) is 19.0. The summed E-state index contributed by atoms with van der Waals surface area (Å²) in [6, 6.07) is 0. The van der Waals surface area contributed by atoms with E-state index in [2.05, 4.69) is 0 Å². The van der Waals surface area contributed by atoms with E-state index in [0.29, 0.717) is 0 Å². The van der Waals surface area contributed by atoms with Crippen molar-refractivity contribution >= 4 is 33.1 Å². The molecule has 0 aromatic carbocycles. The smallest absolute Gasteiger partial charge is 0.348 e. The lowest BCUT2D eigenvalue weighted by atomic mass is 10.7. The lowest BCUT2D eigenvalue weighted by molar-refractivity contribution is -0.142. The van der Waals surface area contributed by atoms with Crippen LogP contribution in [0.3, 0.4) is 0 Å². The van der Waals surface area contributed by atoms with Crippen LogP contribution in [0.25, 0.3) is 0 Å². The van der Waals surface area contributed by atoms with Crippen LogP contribution in [0.5, 0.6) is 0 Å². The fourth-order valence-corrected chi connectivity index (χ4v) is 0.727. The summed E-state index contributed by atoms with van der Waals surface area (Å²) in [5.41, 5.74) is -2.19. The molecule has 0 fully saturated rings. The Kier molecular flexibility index (Phi) is 7.83. The van der Waals surface area contributed by atoms with Crippen molar-refractivity contribution in [3.63, 3.8) is 0 Å². The monoisotopic (exact) mass is 280 g/mol. The van der Waals surface area contributed by atoms with Crippen LogP contribution in [-0.2, 0) is 30.8 Å². The van der Waals surface area contributed by atoms with E-state index in [-0.39, 0.29) is 0 Å². The highest BCUT2D eigenvalue weighted by Gasteiger charge is 2.18. The maximum absolute atomic E-state index is 9.62. The van der Waals surface area contributed by atoms with Gasteiger partial charge in [0.15, 0.2) is 16.8 Å². The minimum atomic E-state index is -4.32. The predicted octanol–water partition coefficient (Wildman–Crippen LogP) is -2.43. The second kappa shape index (κ2) is 7.24. The number of carboxylic acids is 2. The number of rotatable bonds is 4.